The van der Waals surface area contributed by atoms with Crippen LogP contribution in [0.2, 0.25) is 0 Å². The van der Waals surface area contributed by atoms with Crippen molar-refractivity contribution in [1.29, 1.82) is 0 Å². The summed E-state index contributed by atoms with van der Waals surface area (Å²) in [6.07, 6.45) is 1.04. The van der Waals surface area contributed by atoms with Crippen molar-refractivity contribution in [2.24, 2.45) is 5.92 Å². The first kappa shape index (κ1) is 25.1. The zero-order valence-electron chi connectivity index (χ0n) is 20.6. The van der Waals surface area contributed by atoms with Gasteiger partial charge in [0, 0.05) is 31.0 Å². The Balaban J connectivity index is 1.43. The molecule has 1 atom stereocenters. The molecule has 1 fully saturated rings. The molecule has 3 aromatic rings. The van der Waals surface area contributed by atoms with Gasteiger partial charge in [-0.05, 0) is 56.4 Å². The van der Waals surface area contributed by atoms with Gasteiger partial charge in [-0.1, -0.05) is 78.4 Å². The normalized spacial score (nSPS) is 16.2. The van der Waals surface area contributed by atoms with Gasteiger partial charge in [0.05, 0.1) is 4.90 Å². The molecule has 0 aromatic heterocycles. The second-order valence-corrected chi connectivity index (χ2v) is 11.4. The van der Waals surface area contributed by atoms with Gasteiger partial charge < -0.3 is 5.32 Å². The molecular weight excluding hydrogens is 456 g/mol. The van der Waals surface area contributed by atoms with E-state index in [4.69, 9.17) is 0 Å². The highest BCUT2D eigenvalue weighted by molar-refractivity contribution is 7.89. The summed E-state index contributed by atoms with van der Waals surface area (Å²) >= 11 is 0. The smallest absolute Gasteiger partial charge is 0.243 e. The van der Waals surface area contributed by atoms with Gasteiger partial charge in [0.1, 0.15) is 0 Å². The van der Waals surface area contributed by atoms with Crippen molar-refractivity contribution in [2.75, 3.05) is 13.1 Å². The van der Waals surface area contributed by atoms with Gasteiger partial charge in [-0.2, -0.15) is 4.31 Å². The summed E-state index contributed by atoms with van der Waals surface area (Å²) in [4.78, 5) is 13.6. The van der Waals surface area contributed by atoms with Crippen molar-refractivity contribution >= 4 is 15.9 Å². The number of amides is 1. The Bertz CT molecular complexity index is 1210. The highest BCUT2D eigenvalue weighted by Gasteiger charge is 2.34. The number of sulfonamides is 1. The first-order chi connectivity index (χ1) is 16.8. The van der Waals surface area contributed by atoms with Crippen LogP contribution in [0.1, 0.15) is 47.9 Å². The maximum absolute atomic E-state index is 13.2. The molecule has 184 valence electrons. The van der Waals surface area contributed by atoms with Gasteiger partial charge in [-0.3, -0.25) is 4.79 Å². The largest absolute Gasteiger partial charge is 0.352 e. The quantitative estimate of drug-likeness (QED) is 0.505. The van der Waals surface area contributed by atoms with Crippen LogP contribution in [-0.4, -0.2) is 37.8 Å². The fourth-order valence-corrected chi connectivity index (χ4v) is 6.78. The Morgan fingerprint density at radius 3 is 1.94 bits per heavy atom. The second kappa shape index (κ2) is 10.8. The number of rotatable bonds is 7. The molecule has 4 rings (SSSR count). The minimum Gasteiger partial charge on any atom is -0.352 e. The lowest BCUT2D eigenvalue weighted by Crippen LogP contribution is -2.46. The molecule has 35 heavy (non-hydrogen) atoms. The van der Waals surface area contributed by atoms with Crippen LogP contribution in [0.25, 0.3) is 0 Å². The maximum Gasteiger partial charge on any atom is 0.243 e. The van der Waals surface area contributed by atoms with E-state index in [1.807, 2.05) is 69.3 Å². The van der Waals surface area contributed by atoms with Gasteiger partial charge >= 0.3 is 0 Å². The maximum atomic E-state index is 13.2. The monoisotopic (exact) mass is 490 g/mol. The average molecular weight is 491 g/mol. The molecule has 1 saturated heterocycles. The lowest BCUT2D eigenvalue weighted by Gasteiger charge is -2.33. The van der Waals surface area contributed by atoms with E-state index >= 15 is 0 Å². The van der Waals surface area contributed by atoms with Crippen LogP contribution < -0.4 is 5.32 Å². The molecule has 0 radical (unpaired) electrons. The summed E-state index contributed by atoms with van der Waals surface area (Å²) in [5.74, 6) is -0.167. The summed E-state index contributed by atoms with van der Waals surface area (Å²) in [6, 6.07) is 25.7. The van der Waals surface area contributed by atoms with Crippen LogP contribution in [0.3, 0.4) is 0 Å². The Morgan fingerprint density at radius 2 is 1.43 bits per heavy atom. The predicted molar refractivity (Wildman–Crippen MR) is 140 cm³/mol. The molecule has 1 unspecified atom stereocenters. The summed E-state index contributed by atoms with van der Waals surface area (Å²) in [6.45, 7) is 6.53. The Kier molecular flexibility index (Phi) is 7.72. The molecule has 1 aliphatic heterocycles. The van der Waals surface area contributed by atoms with Gasteiger partial charge in [0.2, 0.25) is 15.9 Å². The Labute approximate surface area is 209 Å². The summed E-state index contributed by atoms with van der Waals surface area (Å²) in [5.41, 5.74) is 4.10. The molecule has 6 heteroatoms. The van der Waals surface area contributed by atoms with E-state index in [9.17, 15) is 13.2 Å². The summed E-state index contributed by atoms with van der Waals surface area (Å²) in [7, 11) is -3.57. The Morgan fingerprint density at radius 1 is 0.886 bits per heavy atom. The number of carbonyl (C=O) groups is 1. The van der Waals surface area contributed by atoms with Crippen LogP contribution in [-0.2, 0) is 14.8 Å². The standard InChI is InChI=1S/C29H34N2O3S/c1-21-14-15-27(22(2)20-21)35(33,34)31-18-16-26(17-19-31)29(32)30-23(3)28(24-10-6-4-7-11-24)25-12-8-5-9-13-25/h4-15,20,23,26,28H,16-19H2,1-3H3,(H,30,32). The van der Waals surface area contributed by atoms with E-state index in [1.165, 1.54) is 4.31 Å². The number of hydrogen-bond acceptors (Lipinski definition) is 3. The van der Waals surface area contributed by atoms with E-state index in [0.29, 0.717) is 30.8 Å². The Hall–Kier alpha value is -2.96. The van der Waals surface area contributed by atoms with E-state index in [1.54, 1.807) is 6.07 Å². The highest BCUT2D eigenvalue weighted by Crippen LogP contribution is 2.30. The third-order valence-corrected chi connectivity index (χ3v) is 9.02. The lowest BCUT2D eigenvalue weighted by molar-refractivity contribution is -0.126. The van der Waals surface area contributed by atoms with Crippen LogP contribution in [0.4, 0.5) is 0 Å². The lowest BCUT2D eigenvalue weighted by atomic mass is 9.85. The first-order valence-corrected chi connectivity index (χ1v) is 13.7. The van der Waals surface area contributed by atoms with Crippen LogP contribution >= 0.6 is 0 Å². The minimum atomic E-state index is -3.57. The van der Waals surface area contributed by atoms with Gasteiger partial charge in [0.15, 0.2) is 0 Å². The van der Waals surface area contributed by atoms with Crippen molar-refractivity contribution in [3.8, 4) is 0 Å². The molecule has 1 heterocycles. The van der Waals surface area contributed by atoms with Gasteiger partial charge in [-0.15, -0.1) is 0 Å². The van der Waals surface area contributed by atoms with Crippen molar-refractivity contribution in [1.82, 2.24) is 9.62 Å². The fourth-order valence-electron chi connectivity index (χ4n) is 5.10. The van der Waals surface area contributed by atoms with Crippen LogP contribution in [0, 0.1) is 19.8 Å². The molecule has 1 N–H and O–H groups in total. The molecule has 0 spiro atoms. The number of aryl methyl sites for hydroxylation is 2. The molecule has 1 amide bonds. The van der Waals surface area contributed by atoms with Crippen LogP contribution in [0.5, 0.6) is 0 Å². The zero-order chi connectivity index (χ0) is 25.0. The summed E-state index contributed by atoms with van der Waals surface area (Å²) in [5, 5.41) is 3.24. The van der Waals surface area contributed by atoms with Gasteiger partial charge in [-0.25, -0.2) is 8.42 Å². The average Bonchev–Trinajstić information content (AvgIpc) is 2.85. The first-order valence-electron chi connectivity index (χ1n) is 12.2. The number of nitrogens with one attached hydrogen (secondary N) is 1. The third-order valence-electron chi connectivity index (χ3n) is 6.96. The van der Waals surface area contributed by atoms with Crippen LogP contribution in [0.15, 0.2) is 83.8 Å². The van der Waals surface area contributed by atoms with Crippen molar-refractivity contribution in [2.45, 2.75) is 50.5 Å². The molecule has 0 bridgehead atoms. The van der Waals surface area contributed by atoms with E-state index < -0.39 is 10.0 Å². The number of hydrogen-bond donors (Lipinski definition) is 1. The number of piperidine rings is 1. The second-order valence-electron chi connectivity index (χ2n) is 9.54. The van der Waals surface area contributed by atoms with Crippen molar-refractivity contribution in [3.05, 3.63) is 101 Å². The minimum absolute atomic E-state index is 0.00192. The van der Waals surface area contributed by atoms with E-state index in [0.717, 1.165) is 22.3 Å². The SMILES string of the molecule is Cc1ccc(S(=O)(=O)N2CCC(C(=O)NC(C)C(c3ccccc3)c3ccccc3)CC2)c(C)c1. The molecular formula is C29H34N2O3S. The number of benzene rings is 3. The zero-order valence-corrected chi connectivity index (χ0v) is 21.5. The van der Waals surface area contributed by atoms with Crippen molar-refractivity contribution < 1.29 is 13.2 Å². The molecule has 0 saturated carbocycles. The molecule has 3 aromatic carbocycles. The topological polar surface area (TPSA) is 66.5 Å². The number of nitrogens with zero attached hydrogens (tertiary/aromatic N) is 1. The fraction of sp³-hybridized carbons (Fsp3) is 0.345. The van der Waals surface area contributed by atoms with Gasteiger partial charge in [0.25, 0.3) is 0 Å². The highest BCUT2D eigenvalue weighted by atomic mass is 32.2. The third kappa shape index (κ3) is 5.65. The summed E-state index contributed by atoms with van der Waals surface area (Å²) < 4.78 is 27.9. The molecule has 1 aliphatic rings. The molecule has 0 aliphatic carbocycles. The molecule has 5 nitrogen and oxygen atoms in total. The van der Waals surface area contributed by atoms with E-state index in [2.05, 4.69) is 29.6 Å². The number of carbonyl (C=O) groups excluding carboxylic acids is 1. The predicted octanol–water partition coefficient (Wildman–Crippen LogP) is 5.04. The van der Waals surface area contributed by atoms with E-state index in [-0.39, 0.29) is 23.8 Å². The van der Waals surface area contributed by atoms with Crippen molar-refractivity contribution in [3.63, 3.8) is 0 Å².